The first kappa shape index (κ1) is 18.8. The predicted molar refractivity (Wildman–Crippen MR) is 95.3 cm³/mol. The molecule has 0 aliphatic carbocycles. The van der Waals surface area contributed by atoms with Crippen LogP contribution < -0.4 is 10.0 Å². The molecule has 2 rings (SSSR count). The number of carbonyl (C=O) groups is 1. The van der Waals surface area contributed by atoms with E-state index in [0.717, 1.165) is 16.5 Å². The van der Waals surface area contributed by atoms with Gasteiger partial charge in [-0.3, -0.25) is 4.79 Å². The number of carbonyl (C=O) groups excluding carboxylic acids is 1. The molecule has 7 heteroatoms. The summed E-state index contributed by atoms with van der Waals surface area (Å²) in [7, 11) is -3.60. The summed E-state index contributed by atoms with van der Waals surface area (Å²) < 4.78 is 38.8. The number of nitrogens with one attached hydrogen (secondary N) is 2. The molecule has 25 heavy (non-hydrogen) atoms. The fourth-order valence-electron chi connectivity index (χ4n) is 1.98. The van der Waals surface area contributed by atoms with Gasteiger partial charge in [-0.05, 0) is 29.3 Å². The van der Waals surface area contributed by atoms with Gasteiger partial charge in [-0.15, -0.1) is 0 Å². The highest BCUT2D eigenvalue weighted by atomic mass is 32.2. The molecular formula is C18H19FN2O3S. The van der Waals surface area contributed by atoms with Crippen LogP contribution in [0.2, 0.25) is 0 Å². The zero-order chi connectivity index (χ0) is 18.1. The summed E-state index contributed by atoms with van der Waals surface area (Å²) in [5.41, 5.74) is 1.53. The van der Waals surface area contributed by atoms with Gasteiger partial charge in [0.05, 0.1) is 0 Å². The minimum Gasteiger partial charge on any atom is -0.352 e. The van der Waals surface area contributed by atoms with Gasteiger partial charge in [0.2, 0.25) is 15.9 Å². The lowest BCUT2D eigenvalue weighted by Gasteiger charge is -2.06. The average molecular weight is 362 g/mol. The monoisotopic (exact) mass is 362 g/mol. The van der Waals surface area contributed by atoms with Gasteiger partial charge in [-0.1, -0.05) is 42.5 Å². The highest BCUT2D eigenvalue weighted by Gasteiger charge is 2.07. The van der Waals surface area contributed by atoms with Gasteiger partial charge in [-0.2, -0.15) is 0 Å². The molecule has 2 aromatic carbocycles. The van der Waals surface area contributed by atoms with Crippen LogP contribution in [0.15, 0.2) is 60.0 Å². The van der Waals surface area contributed by atoms with Crippen LogP contribution in [-0.2, 0) is 21.4 Å². The molecule has 0 aromatic heterocycles. The lowest BCUT2D eigenvalue weighted by atomic mass is 10.2. The topological polar surface area (TPSA) is 75.3 Å². The molecule has 5 nitrogen and oxygen atoms in total. The fraction of sp³-hybridized carbons (Fsp3) is 0.167. The Morgan fingerprint density at radius 2 is 1.72 bits per heavy atom. The van der Waals surface area contributed by atoms with Crippen molar-refractivity contribution in [2.45, 2.75) is 13.0 Å². The Balaban J connectivity index is 1.72. The van der Waals surface area contributed by atoms with E-state index < -0.39 is 10.0 Å². The minimum atomic E-state index is -3.60. The van der Waals surface area contributed by atoms with Gasteiger partial charge in [0.1, 0.15) is 5.82 Å². The van der Waals surface area contributed by atoms with Crippen LogP contribution >= 0.6 is 0 Å². The second-order valence-corrected chi connectivity index (χ2v) is 6.96. The number of hydrogen-bond acceptors (Lipinski definition) is 3. The van der Waals surface area contributed by atoms with Gasteiger partial charge in [0, 0.05) is 24.9 Å². The largest absolute Gasteiger partial charge is 0.352 e. The number of halogens is 1. The summed E-state index contributed by atoms with van der Waals surface area (Å²) in [5, 5.41) is 3.72. The maximum absolute atomic E-state index is 12.8. The van der Waals surface area contributed by atoms with Crippen LogP contribution in [0.1, 0.15) is 17.5 Å². The highest BCUT2D eigenvalue weighted by molar-refractivity contribution is 7.92. The third-order valence-electron chi connectivity index (χ3n) is 3.30. The normalized spacial score (nSPS) is 11.6. The van der Waals surface area contributed by atoms with Crippen molar-refractivity contribution in [3.8, 4) is 0 Å². The number of benzene rings is 2. The number of hydrogen-bond donors (Lipinski definition) is 2. The molecule has 0 saturated heterocycles. The Morgan fingerprint density at radius 3 is 2.40 bits per heavy atom. The lowest BCUT2D eigenvalue weighted by molar-refractivity contribution is -0.121. The van der Waals surface area contributed by atoms with Gasteiger partial charge < -0.3 is 5.32 Å². The molecule has 0 heterocycles. The number of amides is 1. The summed E-state index contributed by atoms with van der Waals surface area (Å²) in [6.45, 7) is 0.260. The van der Waals surface area contributed by atoms with E-state index in [-0.39, 0.29) is 31.2 Å². The van der Waals surface area contributed by atoms with Crippen LogP contribution in [-0.4, -0.2) is 20.9 Å². The standard InChI is InChI=1S/C18H19FN2O3S/c19-17-8-6-16(7-9-17)14-20-18(22)10-12-21-25(23,24)13-11-15-4-2-1-3-5-15/h1-9,11,13,21H,10,12,14H2,(H,20,22)/b13-11+. The number of sulfonamides is 1. The van der Waals surface area contributed by atoms with Crippen molar-refractivity contribution in [1.29, 1.82) is 0 Å². The predicted octanol–water partition coefficient (Wildman–Crippen LogP) is 2.42. The van der Waals surface area contributed by atoms with E-state index in [1.165, 1.54) is 18.2 Å². The Kier molecular flexibility index (Phi) is 6.85. The summed E-state index contributed by atoms with van der Waals surface area (Å²) in [6.07, 6.45) is 1.50. The molecule has 2 N–H and O–H groups in total. The highest BCUT2D eigenvalue weighted by Crippen LogP contribution is 2.03. The molecule has 132 valence electrons. The fourth-order valence-corrected chi connectivity index (χ4v) is 2.80. The molecule has 1 amide bonds. The maximum atomic E-state index is 12.8. The van der Waals surface area contributed by atoms with Crippen LogP contribution in [0.5, 0.6) is 0 Å². The Labute approximate surface area is 146 Å². The average Bonchev–Trinajstić information content (AvgIpc) is 2.60. The zero-order valence-electron chi connectivity index (χ0n) is 13.5. The summed E-state index contributed by atoms with van der Waals surface area (Å²) in [4.78, 5) is 11.7. The van der Waals surface area contributed by atoms with E-state index in [1.54, 1.807) is 24.3 Å². The van der Waals surface area contributed by atoms with Crippen molar-refractivity contribution in [3.63, 3.8) is 0 Å². The van der Waals surface area contributed by atoms with E-state index in [0.29, 0.717) is 0 Å². The SMILES string of the molecule is O=C(CCNS(=O)(=O)/C=C/c1ccccc1)NCc1ccc(F)cc1. The minimum absolute atomic E-state index is 0.00326. The maximum Gasteiger partial charge on any atom is 0.233 e. The van der Waals surface area contributed by atoms with Crippen molar-refractivity contribution in [3.05, 3.63) is 76.9 Å². The molecule has 2 aromatic rings. The van der Waals surface area contributed by atoms with Gasteiger partial charge in [-0.25, -0.2) is 17.5 Å². The molecule has 0 spiro atoms. The molecule has 0 fully saturated rings. The summed E-state index contributed by atoms with van der Waals surface area (Å²) in [5.74, 6) is -0.632. The van der Waals surface area contributed by atoms with E-state index in [1.807, 2.05) is 18.2 Å². The van der Waals surface area contributed by atoms with Crippen LogP contribution in [0.3, 0.4) is 0 Å². The first-order valence-electron chi connectivity index (χ1n) is 7.68. The van der Waals surface area contributed by atoms with Crippen LogP contribution in [0, 0.1) is 5.82 Å². The quantitative estimate of drug-likeness (QED) is 0.757. The molecule has 0 saturated carbocycles. The first-order valence-corrected chi connectivity index (χ1v) is 9.23. The molecule has 0 bridgehead atoms. The van der Waals surface area contributed by atoms with Gasteiger partial charge >= 0.3 is 0 Å². The summed E-state index contributed by atoms with van der Waals surface area (Å²) >= 11 is 0. The Hall–Kier alpha value is -2.51. The second kappa shape index (κ2) is 9.10. The molecular weight excluding hydrogens is 343 g/mol. The Morgan fingerprint density at radius 1 is 1.04 bits per heavy atom. The van der Waals surface area contributed by atoms with Crippen molar-refractivity contribution in [2.24, 2.45) is 0 Å². The van der Waals surface area contributed by atoms with E-state index in [9.17, 15) is 17.6 Å². The Bertz CT molecular complexity index is 819. The second-order valence-electron chi connectivity index (χ2n) is 5.31. The van der Waals surface area contributed by atoms with E-state index in [4.69, 9.17) is 0 Å². The third kappa shape index (κ3) is 7.28. The molecule has 0 radical (unpaired) electrons. The van der Waals surface area contributed by atoms with Crippen molar-refractivity contribution in [1.82, 2.24) is 10.0 Å². The van der Waals surface area contributed by atoms with Crippen molar-refractivity contribution < 1.29 is 17.6 Å². The van der Waals surface area contributed by atoms with Crippen molar-refractivity contribution >= 4 is 22.0 Å². The van der Waals surface area contributed by atoms with Gasteiger partial charge in [0.25, 0.3) is 0 Å². The van der Waals surface area contributed by atoms with Crippen molar-refractivity contribution in [2.75, 3.05) is 6.54 Å². The third-order valence-corrected chi connectivity index (χ3v) is 4.40. The zero-order valence-corrected chi connectivity index (χ0v) is 14.3. The molecule has 0 aliphatic rings. The van der Waals surface area contributed by atoms with E-state index in [2.05, 4.69) is 10.0 Å². The van der Waals surface area contributed by atoms with Crippen LogP contribution in [0.25, 0.3) is 6.08 Å². The molecule has 0 aliphatic heterocycles. The molecule has 0 unspecified atom stereocenters. The number of rotatable bonds is 8. The molecule has 0 atom stereocenters. The first-order chi connectivity index (χ1) is 11.9. The van der Waals surface area contributed by atoms with E-state index >= 15 is 0 Å². The lowest BCUT2D eigenvalue weighted by Crippen LogP contribution is -2.29. The smallest absolute Gasteiger partial charge is 0.233 e. The van der Waals surface area contributed by atoms with Crippen LogP contribution in [0.4, 0.5) is 4.39 Å². The van der Waals surface area contributed by atoms with Gasteiger partial charge in [0.15, 0.2) is 0 Å². The summed E-state index contributed by atoms with van der Waals surface area (Å²) in [6, 6.07) is 14.8.